The van der Waals surface area contributed by atoms with E-state index in [2.05, 4.69) is 10.2 Å². The van der Waals surface area contributed by atoms with Crippen molar-refractivity contribution in [2.24, 2.45) is 0 Å². The molecule has 0 radical (unpaired) electrons. The minimum Gasteiger partial charge on any atom is -0.395 e. The maximum atomic E-state index is 11.9. The number of halogens is 4. The SMILES string of the molecule is Cl.FC(F)(F)c1ccc2cc1-2.OCCN1CCNCC1. The Balaban J connectivity index is 0.000000192. The lowest BCUT2D eigenvalue weighted by atomic mass is 10.3. The maximum Gasteiger partial charge on any atom is 0.417 e. The van der Waals surface area contributed by atoms with Crippen molar-refractivity contribution in [3.8, 4) is 11.1 Å². The normalized spacial score (nSPS) is 16.8. The third-order valence-corrected chi connectivity index (χ3v) is 3.18. The molecule has 1 saturated heterocycles. The molecule has 1 heterocycles. The number of benzene rings is 1. The summed E-state index contributed by atoms with van der Waals surface area (Å²) in [6.45, 7) is 5.43. The highest BCUT2D eigenvalue weighted by Crippen LogP contribution is 2.45. The summed E-state index contributed by atoms with van der Waals surface area (Å²) in [5, 5.41) is 11.8. The van der Waals surface area contributed by atoms with Gasteiger partial charge in [0, 0.05) is 32.7 Å². The molecule has 0 amide bonds. The number of piperazine rings is 1. The summed E-state index contributed by atoms with van der Waals surface area (Å²) in [6.07, 6.45) is -4.17. The molecule has 3 nitrogen and oxygen atoms in total. The first kappa shape index (κ1) is 17.2. The smallest absolute Gasteiger partial charge is 0.395 e. The highest BCUT2D eigenvalue weighted by atomic mass is 35.5. The van der Waals surface area contributed by atoms with E-state index in [-0.39, 0.29) is 12.4 Å². The van der Waals surface area contributed by atoms with Crippen LogP contribution in [-0.2, 0) is 6.18 Å². The zero-order chi connectivity index (χ0) is 13.9. The molecule has 20 heavy (non-hydrogen) atoms. The van der Waals surface area contributed by atoms with Crippen molar-refractivity contribution in [2.45, 2.75) is 6.18 Å². The lowest BCUT2D eigenvalue weighted by molar-refractivity contribution is -0.136. The molecule has 3 rings (SSSR count). The van der Waals surface area contributed by atoms with Gasteiger partial charge in [-0.1, -0.05) is 6.07 Å². The van der Waals surface area contributed by atoms with Crippen LogP contribution in [0, 0.1) is 0 Å². The molecular formula is C13H18ClF3N2O. The van der Waals surface area contributed by atoms with Crippen molar-refractivity contribution in [1.82, 2.24) is 10.2 Å². The maximum absolute atomic E-state index is 11.9. The number of alkyl halides is 3. The van der Waals surface area contributed by atoms with Gasteiger partial charge in [-0.15, -0.1) is 12.4 Å². The highest BCUT2D eigenvalue weighted by molar-refractivity contribution is 5.85. The van der Waals surface area contributed by atoms with E-state index in [4.69, 9.17) is 5.11 Å². The Morgan fingerprint density at radius 1 is 1.20 bits per heavy atom. The number of fused-ring (bicyclic) bond motifs is 1. The van der Waals surface area contributed by atoms with Crippen LogP contribution in [0.15, 0.2) is 18.2 Å². The molecule has 0 unspecified atom stereocenters. The zero-order valence-electron chi connectivity index (χ0n) is 10.9. The zero-order valence-corrected chi connectivity index (χ0v) is 11.7. The van der Waals surface area contributed by atoms with Gasteiger partial charge in [-0.25, -0.2) is 0 Å². The molecule has 0 atom stereocenters. The van der Waals surface area contributed by atoms with Crippen LogP contribution >= 0.6 is 12.4 Å². The van der Waals surface area contributed by atoms with Gasteiger partial charge < -0.3 is 10.4 Å². The van der Waals surface area contributed by atoms with Crippen LogP contribution in [0.1, 0.15) is 5.56 Å². The Labute approximate surface area is 122 Å². The van der Waals surface area contributed by atoms with E-state index in [1.54, 1.807) is 0 Å². The molecule has 0 bridgehead atoms. The summed E-state index contributed by atoms with van der Waals surface area (Å²) in [7, 11) is 0. The minimum atomic E-state index is -4.17. The fraction of sp³-hybridized carbons (Fsp3) is 0.538. The number of nitrogens with zero attached hydrogens (tertiary/aromatic N) is 1. The summed E-state index contributed by atoms with van der Waals surface area (Å²) in [6, 6.07) is 4.13. The Hall–Kier alpha value is -0.820. The molecule has 3 aliphatic rings. The van der Waals surface area contributed by atoms with Gasteiger partial charge in [0.05, 0.1) is 12.2 Å². The molecule has 2 aliphatic carbocycles. The molecule has 7 heteroatoms. The molecule has 114 valence electrons. The summed E-state index contributed by atoms with van der Waals surface area (Å²) in [5.41, 5.74) is 0.599. The Bertz CT molecular complexity index is 431. The first-order valence-corrected chi connectivity index (χ1v) is 6.28. The van der Waals surface area contributed by atoms with Gasteiger partial charge in [0.25, 0.3) is 0 Å². The predicted molar refractivity (Wildman–Crippen MR) is 74.1 cm³/mol. The number of hydrogen-bond acceptors (Lipinski definition) is 3. The monoisotopic (exact) mass is 310 g/mol. The third-order valence-electron chi connectivity index (χ3n) is 3.18. The Kier molecular flexibility index (Phi) is 6.26. The largest absolute Gasteiger partial charge is 0.417 e. The molecule has 1 aliphatic heterocycles. The third kappa shape index (κ3) is 4.63. The van der Waals surface area contributed by atoms with Crippen LogP contribution in [0.4, 0.5) is 13.2 Å². The lowest BCUT2D eigenvalue weighted by Crippen LogP contribution is -2.44. The van der Waals surface area contributed by atoms with Gasteiger partial charge in [0.15, 0.2) is 0 Å². The summed E-state index contributed by atoms with van der Waals surface area (Å²) < 4.78 is 35.7. The number of aliphatic hydroxyl groups excluding tert-OH is 1. The fourth-order valence-electron chi connectivity index (χ4n) is 2.08. The van der Waals surface area contributed by atoms with E-state index in [0.29, 0.717) is 12.2 Å². The summed E-state index contributed by atoms with van der Waals surface area (Å²) in [5.74, 6) is 0. The van der Waals surface area contributed by atoms with E-state index >= 15 is 0 Å². The van der Waals surface area contributed by atoms with Gasteiger partial charge in [0.1, 0.15) is 0 Å². The Morgan fingerprint density at radius 2 is 1.85 bits per heavy atom. The second-order valence-electron chi connectivity index (χ2n) is 4.57. The molecule has 0 spiro atoms. The average Bonchev–Trinajstić information content (AvgIpc) is 3.00. The Morgan fingerprint density at radius 3 is 2.20 bits per heavy atom. The predicted octanol–water partition coefficient (Wildman–Crippen LogP) is 1.99. The first-order valence-electron chi connectivity index (χ1n) is 6.28. The van der Waals surface area contributed by atoms with Gasteiger partial charge in [-0.05, 0) is 23.3 Å². The standard InChI is InChI=1S/C7H3F3.C6H14N2O.ClH/c8-7(9,10)6-2-1-4-3-5(4)6;9-6-5-8-3-1-7-2-4-8;/h1-3H;7,9H,1-6H2;1H. The van der Waals surface area contributed by atoms with Crippen molar-refractivity contribution >= 4 is 12.4 Å². The van der Waals surface area contributed by atoms with Crippen LogP contribution in [0.25, 0.3) is 11.1 Å². The van der Waals surface area contributed by atoms with Crippen molar-refractivity contribution < 1.29 is 18.3 Å². The topological polar surface area (TPSA) is 35.5 Å². The van der Waals surface area contributed by atoms with Gasteiger partial charge in [-0.2, -0.15) is 13.2 Å². The molecule has 0 aromatic carbocycles. The summed E-state index contributed by atoms with van der Waals surface area (Å²) >= 11 is 0. The van der Waals surface area contributed by atoms with Crippen molar-refractivity contribution in [1.29, 1.82) is 0 Å². The molecule has 2 N–H and O–H groups in total. The van der Waals surface area contributed by atoms with E-state index in [1.165, 1.54) is 12.1 Å². The quantitative estimate of drug-likeness (QED) is 0.890. The lowest BCUT2D eigenvalue weighted by Gasteiger charge is -2.25. The number of nitrogens with one attached hydrogen (secondary N) is 1. The highest BCUT2D eigenvalue weighted by Gasteiger charge is 2.37. The second kappa shape index (κ2) is 7.26. The van der Waals surface area contributed by atoms with Crippen LogP contribution in [0.3, 0.4) is 0 Å². The van der Waals surface area contributed by atoms with Crippen LogP contribution < -0.4 is 5.32 Å². The number of β-amino-alcohol motifs (C(OH)–C–C–N with tert-alkyl or cyclic N) is 1. The van der Waals surface area contributed by atoms with Crippen LogP contribution in [0.5, 0.6) is 0 Å². The molecular weight excluding hydrogens is 293 g/mol. The van der Waals surface area contributed by atoms with Gasteiger partial charge >= 0.3 is 6.18 Å². The van der Waals surface area contributed by atoms with E-state index in [9.17, 15) is 13.2 Å². The van der Waals surface area contributed by atoms with E-state index in [0.717, 1.165) is 44.4 Å². The van der Waals surface area contributed by atoms with Crippen LogP contribution in [-0.4, -0.2) is 49.3 Å². The van der Waals surface area contributed by atoms with E-state index < -0.39 is 11.7 Å². The van der Waals surface area contributed by atoms with Gasteiger partial charge in [-0.3, -0.25) is 4.90 Å². The van der Waals surface area contributed by atoms with Gasteiger partial charge in [0.2, 0.25) is 0 Å². The van der Waals surface area contributed by atoms with Crippen molar-refractivity contribution in [2.75, 3.05) is 39.3 Å². The summed E-state index contributed by atoms with van der Waals surface area (Å²) in [4.78, 5) is 2.26. The molecule has 1 fully saturated rings. The number of hydrogen-bond donors (Lipinski definition) is 2. The molecule has 0 saturated carbocycles. The molecule has 0 aromatic heterocycles. The first-order chi connectivity index (χ1) is 9.02. The van der Waals surface area contributed by atoms with E-state index in [1.807, 2.05) is 0 Å². The average molecular weight is 311 g/mol. The van der Waals surface area contributed by atoms with Crippen molar-refractivity contribution in [3.63, 3.8) is 0 Å². The number of rotatable bonds is 2. The molecule has 0 aromatic rings. The van der Waals surface area contributed by atoms with Crippen molar-refractivity contribution in [3.05, 3.63) is 23.8 Å². The van der Waals surface area contributed by atoms with Crippen LogP contribution in [0.2, 0.25) is 0 Å². The number of aliphatic hydroxyl groups is 1. The fourth-order valence-corrected chi connectivity index (χ4v) is 2.08. The second-order valence-corrected chi connectivity index (χ2v) is 4.57. The minimum absolute atomic E-state index is 0.